The van der Waals surface area contributed by atoms with E-state index < -0.39 is 0 Å². The molecule has 0 bridgehead atoms. The number of ether oxygens (including phenoxy) is 1. The summed E-state index contributed by atoms with van der Waals surface area (Å²) in [5.74, 6) is 1.61. The Bertz CT molecular complexity index is 405. The van der Waals surface area contributed by atoms with E-state index in [9.17, 15) is 0 Å². The zero-order valence-electron chi connectivity index (χ0n) is 10.5. The molecule has 1 aliphatic rings. The van der Waals surface area contributed by atoms with Gasteiger partial charge in [0.1, 0.15) is 5.75 Å². The molecule has 0 aromatic heterocycles. The molecule has 3 heteroatoms. The van der Waals surface area contributed by atoms with Crippen molar-refractivity contribution in [3.05, 3.63) is 27.7 Å². The van der Waals surface area contributed by atoms with Crippen LogP contribution in [0.15, 0.2) is 16.6 Å². The molecule has 0 saturated heterocycles. The topological polar surface area (TPSA) is 35.2 Å². The maximum atomic E-state index is 6.29. The van der Waals surface area contributed by atoms with Crippen molar-refractivity contribution in [2.24, 2.45) is 11.7 Å². The first-order valence-electron chi connectivity index (χ1n) is 6.32. The molecule has 1 aromatic carbocycles. The number of nitrogens with two attached hydrogens (primary N) is 1. The minimum atomic E-state index is 0.138. The monoisotopic (exact) mass is 297 g/mol. The Kier molecular flexibility index (Phi) is 4.10. The maximum Gasteiger partial charge on any atom is 0.120 e. The average Bonchev–Trinajstić information content (AvgIpc) is 2.40. The Morgan fingerprint density at radius 3 is 2.94 bits per heavy atom. The third-order valence-electron chi connectivity index (χ3n) is 3.46. The fraction of sp³-hybridized carbons (Fsp3) is 0.571. The van der Waals surface area contributed by atoms with Gasteiger partial charge in [-0.2, -0.15) is 0 Å². The van der Waals surface area contributed by atoms with Gasteiger partial charge in [0.25, 0.3) is 0 Å². The Hall–Kier alpha value is -0.540. The second-order valence-corrected chi connectivity index (χ2v) is 5.75. The van der Waals surface area contributed by atoms with Gasteiger partial charge in [0.2, 0.25) is 0 Å². The fourth-order valence-electron chi connectivity index (χ4n) is 2.55. The summed E-state index contributed by atoms with van der Waals surface area (Å²) in [6.07, 6.45) is 3.39. The Morgan fingerprint density at radius 1 is 1.47 bits per heavy atom. The zero-order valence-corrected chi connectivity index (χ0v) is 12.1. The third kappa shape index (κ3) is 2.83. The van der Waals surface area contributed by atoms with Gasteiger partial charge in [-0.25, -0.2) is 0 Å². The van der Waals surface area contributed by atoms with Gasteiger partial charge in [0.05, 0.1) is 6.61 Å². The summed E-state index contributed by atoms with van der Waals surface area (Å²) < 4.78 is 6.72. The minimum Gasteiger partial charge on any atom is -0.494 e. The fourth-order valence-corrected chi connectivity index (χ4v) is 3.20. The lowest BCUT2D eigenvalue weighted by atomic mass is 9.98. The van der Waals surface area contributed by atoms with E-state index in [1.54, 1.807) is 0 Å². The molecule has 2 nitrogen and oxygen atoms in total. The molecule has 0 spiro atoms. The standard InChI is InChI=1S/C14H20BrNO/c1-3-17-10-7-12-11(13(15)8-10)5-4-9(2)6-14(12)16/h7-9,14H,3-6,16H2,1-2H3. The van der Waals surface area contributed by atoms with Gasteiger partial charge in [-0.3, -0.25) is 0 Å². The predicted octanol–water partition coefficient (Wildman–Crippen LogP) is 3.82. The smallest absolute Gasteiger partial charge is 0.120 e. The number of halogens is 1. The van der Waals surface area contributed by atoms with Crippen LogP contribution in [-0.2, 0) is 6.42 Å². The van der Waals surface area contributed by atoms with E-state index >= 15 is 0 Å². The molecule has 0 saturated carbocycles. The molecule has 0 heterocycles. The number of rotatable bonds is 2. The minimum absolute atomic E-state index is 0.138. The van der Waals surface area contributed by atoms with Crippen LogP contribution in [0.5, 0.6) is 5.75 Å². The second-order valence-electron chi connectivity index (χ2n) is 4.89. The summed E-state index contributed by atoms with van der Waals surface area (Å²) >= 11 is 3.65. The molecule has 0 amide bonds. The van der Waals surface area contributed by atoms with E-state index in [1.807, 2.05) is 6.92 Å². The van der Waals surface area contributed by atoms with Crippen molar-refractivity contribution < 1.29 is 4.74 Å². The number of fused-ring (bicyclic) bond motifs is 1. The van der Waals surface area contributed by atoms with Gasteiger partial charge in [0, 0.05) is 10.5 Å². The van der Waals surface area contributed by atoms with Crippen LogP contribution in [0.25, 0.3) is 0 Å². The number of hydrogen-bond donors (Lipinski definition) is 1. The molecule has 0 radical (unpaired) electrons. The van der Waals surface area contributed by atoms with Crippen LogP contribution < -0.4 is 10.5 Å². The summed E-state index contributed by atoms with van der Waals surface area (Å²) in [6, 6.07) is 4.32. The molecule has 0 fully saturated rings. The molecule has 0 aliphatic heterocycles. The summed E-state index contributed by atoms with van der Waals surface area (Å²) in [7, 11) is 0. The average molecular weight is 298 g/mol. The molecule has 2 N–H and O–H groups in total. The van der Waals surface area contributed by atoms with E-state index in [-0.39, 0.29) is 6.04 Å². The molecular weight excluding hydrogens is 278 g/mol. The van der Waals surface area contributed by atoms with Gasteiger partial charge in [-0.15, -0.1) is 0 Å². The first-order valence-corrected chi connectivity index (χ1v) is 7.11. The van der Waals surface area contributed by atoms with Crippen molar-refractivity contribution in [3.63, 3.8) is 0 Å². The van der Waals surface area contributed by atoms with Gasteiger partial charge in [-0.1, -0.05) is 22.9 Å². The molecular formula is C14H20BrNO. The predicted molar refractivity (Wildman–Crippen MR) is 74.3 cm³/mol. The van der Waals surface area contributed by atoms with E-state index in [0.29, 0.717) is 12.5 Å². The van der Waals surface area contributed by atoms with E-state index in [0.717, 1.165) is 23.1 Å². The van der Waals surface area contributed by atoms with Crippen LogP contribution in [0.3, 0.4) is 0 Å². The molecule has 1 aromatic rings. The van der Waals surface area contributed by atoms with E-state index in [4.69, 9.17) is 10.5 Å². The van der Waals surface area contributed by atoms with Crippen LogP contribution in [0, 0.1) is 5.92 Å². The van der Waals surface area contributed by atoms with Crippen LogP contribution in [0.1, 0.15) is 43.9 Å². The number of benzene rings is 1. The van der Waals surface area contributed by atoms with Crippen molar-refractivity contribution in [2.45, 2.75) is 39.2 Å². The van der Waals surface area contributed by atoms with Crippen molar-refractivity contribution in [1.82, 2.24) is 0 Å². The summed E-state index contributed by atoms with van der Waals surface area (Å²) in [4.78, 5) is 0. The highest BCUT2D eigenvalue weighted by molar-refractivity contribution is 9.10. The largest absolute Gasteiger partial charge is 0.494 e. The Labute approximate surface area is 112 Å². The SMILES string of the molecule is CCOc1cc(Br)c2c(c1)C(N)CC(C)CC2. The number of hydrogen-bond acceptors (Lipinski definition) is 2. The maximum absolute atomic E-state index is 6.29. The second kappa shape index (κ2) is 5.40. The summed E-state index contributed by atoms with van der Waals surface area (Å²) in [6.45, 7) is 4.97. The first-order chi connectivity index (χ1) is 8.11. The molecule has 17 heavy (non-hydrogen) atoms. The quantitative estimate of drug-likeness (QED) is 0.842. The molecule has 2 rings (SSSR count). The van der Waals surface area contributed by atoms with Crippen LogP contribution in [0.4, 0.5) is 0 Å². The normalized spacial score (nSPS) is 24.0. The van der Waals surface area contributed by atoms with Gasteiger partial charge in [0.15, 0.2) is 0 Å². The van der Waals surface area contributed by atoms with E-state index in [1.165, 1.54) is 17.5 Å². The zero-order chi connectivity index (χ0) is 12.4. The highest BCUT2D eigenvalue weighted by Crippen LogP contribution is 2.37. The van der Waals surface area contributed by atoms with Crippen molar-refractivity contribution in [3.8, 4) is 5.75 Å². The Balaban J connectivity index is 2.41. The van der Waals surface area contributed by atoms with Crippen molar-refractivity contribution in [1.29, 1.82) is 0 Å². The van der Waals surface area contributed by atoms with Crippen LogP contribution >= 0.6 is 15.9 Å². The van der Waals surface area contributed by atoms with Crippen molar-refractivity contribution in [2.75, 3.05) is 6.61 Å². The van der Waals surface area contributed by atoms with Gasteiger partial charge >= 0.3 is 0 Å². The lowest BCUT2D eigenvalue weighted by Crippen LogP contribution is -2.13. The molecule has 2 atom stereocenters. The molecule has 2 unspecified atom stereocenters. The highest BCUT2D eigenvalue weighted by Gasteiger charge is 2.22. The highest BCUT2D eigenvalue weighted by atomic mass is 79.9. The summed E-state index contributed by atoms with van der Waals surface area (Å²) in [5.41, 5.74) is 8.92. The lowest BCUT2D eigenvalue weighted by Gasteiger charge is -2.17. The third-order valence-corrected chi connectivity index (χ3v) is 4.16. The summed E-state index contributed by atoms with van der Waals surface area (Å²) in [5, 5.41) is 0. The van der Waals surface area contributed by atoms with Gasteiger partial charge < -0.3 is 10.5 Å². The molecule has 94 valence electrons. The van der Waals surface area contributed by atoms with Crippen molar-refractivity contribution >= 4 is 15.9 Å². The van der Waals surface area contributed by atoms with Crippen LogP contribution in [0.2, 0.25) is 0 Å². The van der Waals surface area contributed by atoms with Crippen LogP contribution in [-0.4, -0.2) is 6.61 Å². The van der Waals surface area contributed by atoms with E-state index in [2.05, 4.69) is 35.0 Å². The van der Waals surface area contributed by atoms with Gasteiger partial charge in [-0.05, 0) is 55.4 Å². The molecule has 1 aliphatic carbocycles. The first kappa shape index (κ1) is 12.9. The Morgan fingerprint density at radius 2 is 2.24 bits per heavy atom. The lowest BCUT2D eigenvalue weighted by molar-refractivity contribution is 0.339.